The molecule has 0 aliphatic heterocycles. The van der Waals surface area contributed by atoms with Crippen molar-refractivity contribution in [2.45, 2.75) is 17.1 Å². The Bertz CT molecular complexity index is 454. The molecular weight excluding hydrogens is 250 g/mol. The van der Waals surface area contributed by atoms with Gasteiger partial charge in [0, 0.05) is 4.90 Å². The topological polar surface area (TPSA) is 72.2 Å². The number of halogens is 2. The number of imide groups is 1. The zero-order chi connectivity index (χ0) is 13.0. The van der Waals surface area contributed by atoms with Crippen molar-refractivity contribution >= 4 is 23.7 Å². The largest absolute Gasteiger partial charge is 0.351 e. The van der Waals surface area contributed by atoms with Crippen molar-refractivity contribution < 1.29 is 18.4 Å². The molecule has 0 saturated heterocycles. The molecule has 17 heavy (non-hydrogen) atoms. The first-order valence-electron chi connectivity index (χ1n) is 4.62. The van der Waals surface area contributed by atoms with E-state index >= 15 is 0 Å². The number of primary amides is 1. The van der Waals surface area contributed by atoms with Crippen LogP contribution in [-0.2, 0) is 4.79 Å². The molecule has 1 aromatic rings. The number of carbonyl (C=O) groups excluding carboxylic acids is 2. The smallest absolute Gasteiger partial charge is 0.318 e. The number of rotatable bonds is 3. The number of benzene rings is 1. The summed E-state index contributed by atoms with van der Waals surface area (Å²) in [4.78, 5) is 21.7. The maximum atomic E-state index is 13.2. The van der Waals surface area contributed by atoms with E-state index in [0.717, 1.165) is 30.0 Å². The van der Waals surface area contributed by atoms with Crippen LogP contribution < -0.4 is 11.1 Å². The van der Waals surface area contributed by atoms with E-state index in [1.54, 1.807) is 0 Å². The Kier molecular flexibility index (Phi) is 4.45. The van der Waals surface area contributed by atoms with Gasteiger partial charge in [-0.3, -0.25) is 10.1 Å². The number of carbonyl (C=O) groups is 2. The van der Waals surface area contributed by atoms with Crippen molar-refractivity contribution in [3.8, 4) is 0 Å². The molecule has 0 aliphatic carbocycles. The zero-order valence-corrected chi connectivity index (χ0v) is 9.68. The van der Waals surface area contributed by atoms with Crippen LogP contribution in [0.25, 0.3) is 0 Å². The SMILES string of the molecule is C[C@@H](Sc1cc(F)ccc1F)C(=O)NC(N)=O. The van der Waals surface area contributed by atoms with Crippen molar-refractivity contribution in [3.05, 3.63) is 29.8 Å². The van der Waals surface area contributed by atoms with E-state index in [1.165, 1.54) is 6.92 Å². The van der Waals surface area contributed by atoms with Crippen molar-refractivity contribution in [2.75, 3.05) is 0 Å². The maximum Gasteiger partial charge on any atom is 0.318 e. The average molecular weight is 260 g/mol. The summed E-state index contributed by atoms with van der Waals surface area (Å²) in [7, 11) is 0. The highest BCUT2D eigenvalue weighted by molar-refractivity contribution is 8.00. The molecule has 0 fully saturated rings. The second-order valence-corrected chi connectivity index (χ2v) is 4.57. The van der Waals surface area contributed by atoms with Gasteiger partial charge in [0.2, 0.25) is 5.91 Å². The van der Waals surface area contributed by atoms with Crippen LogP contribution in [-0.4, -0.2) is 17.2 Å². The summed E-state index contributed by atoms with van der Waals surface area (Å²) in [6, 6.07) is 1.94. The average Bonchev–Trinajstić information content (AvgIpc) is 2.22. The molecule has 1 rings (SSSR count). The number of nitrogens with one attached hydrogen (secondary N) is 1. The van der Waals surface area contributed by atoms with Crippen LogP contribution in [0.3, 0.4) is 0 Å². The van der Waals surface area contributed by atoms with E-state index in [2.05, 4.69) is 0 Å². The third kappa shape index (κ3) is 4.03. The molecule has 0 bridgehead atoms. The Morgan fingerprint density at radius 1 is 1.41 bits per heavy atom. The van der Waals surface area contributed by atoms with Crippen LogP contribution in [0.5, 0.6) is 0 Å². The predicted octanol–water partition coefficient (Wildman–Crippen LogP) is 1.64. The number of hydrogen-bond donors (Lipinski definition) is 2. The van der Waals surface area contributed by atoms with Gasteiger partial charge in [-0.05, 0) is 25.1 Å². The van der Waals surface area contributed by atoms with Crippen LogP contribution in [0, 0.1) is 11.6 Å². The van der Waals surface area contributed by atoms with Crippen LogP contribution in [0.2, 0.25) is 0 Å². The molecule has 92 valence electrons. The first-order chi connectivity index (χ1) is 7.90. The minimum Gasteiger partial charge on any atom is -0.351 e. The number of amides is 3. The summed E-state index contributed by atoms with van der Waals surface area (Å²) in [5, 5.41) is 1.09. The van der Waals surface area contributed by atoms with Crippen molar-refractivity contribution in [2.24, 2.45) is 5.73 Å². The van der Waals surface area contributed by atoms with E-state index in [-0.39, 0.29) is 4.90 Å². The first-order valence-corrected chi connectivity index (χ1v) is 5.50. The molecule has 3 amide bonds. The van der Waals surface area contributed by atoms with E-state index in [9.17, 15) is 18.4 Å². The number of thioether (sulfide) groups is 1. The predicted molar refractivity (Wildman–Crippen MR) is 59.4 cm³/mol. The van der Waals surface area contributed by atoms with Crippen LogP contribution in [0.4, 0.5) is 13.6 Å². The summed E-state index contributed by atoms with van der Waals surface area (Å²) in [6.45, 7) is 1.45. The Balaban J connectivity index is 2.73. The number of nitrogens with two attached hydrogens (primary N) is 1. The van der Waals surface area contributed by atoms with Gasteiger partial charge in [-0.1, -0.05) is 0 Å². The minimum absolute atomic E-state index is 0.00267. The van der Waals surface area contributed by atoms with Crippen LogP contribution >= 0.6 is 11.8 Å². The van der Waals surface area contributed by atoms with Gasteiger partial charge in [0.25, 0.3) is 0 Å². The van der Waals surface area contributed by atoms with Crippen molar-refractivity contribution in [1.82, 2.24) is 5.32 Å². The van der Waals surface area contributed by atoms with Crippen LogP contribution in [0.1, 0.15) is 6.92 Å². The van der Waals surface area contributed by atoms with Gasteiger partial charge in [-0.25, -0.2) is 13.6 Å². The summed E-state index contributed by atoms with van der Waals surface area (Å²) in [6.07, 6.45) is 0. The highest BCUT2D eigenvalue weighted by atomic mass is 32.2. The molecule has 0 aromatic heterocycles. The third-order valence-corrected chi connectivity index (χ3v) is 2.95. The maximum absolute atomic E-state index is 13.2. The van der Waals surface area contributed by atoms with Gasteiger partial charge in [0.1, 0.15) is 11.6 Å². The van der Waals surface area contributed by atoms with Gasteiger partial charge in [-0.15, -0.1) is 11.8 Å². The van der Waals surface area contributed by atoms with Gasteiger partial charge in [-0.2, -0.15) is 0 Å². The summed E-state index contributed by atoms with van der Waals surface area (Å²) in [5.74, 6) is -1.89. The number of urea groups is 1. The minimum atomic E-state index is -0.984. The summed E-state index contributed by atoms with van der Waals surface area (Å²) >= 11 is 0.800. The quantitative estimate of drug-likeness (QED) is 0.811. The highest BCUT2D eigenvalue weighted by Crippen LogP contribution is 2.26. The van der Waals surface area contributed by atoms with Crippen molar-refractivity contribution in [3.63, 3.8) is 0 Å². The molecule has 0 spiro atoms. The molecule has 0 saturated carbocycles. The van der Waals surface area contributed by atoms with Crippen LogP contribution in [0.15, 0.2) is 23.1 Å². The molecule has 0 heterocycles. The standard InChI is InChI=1S/C10H10F2N2O2S/c1-5(9(15)14-10(13)16)17-8-4-6(11)2-3-7(8)12/h2-5H,1H3,(H3,13,14,15,16)/t5-/m1/s1. The lowest BCUT2D eigenvalue weighted by molar-refractivity contribution is -0.119. The fourth-order valence-corrected chi connectivity index (χ4v) is 1.94. The fourth-order valence-electron chi connectivity index (χ4n) is 1.03. The second-order valence-electron chi connectivity index (χ2n) is 3.19. The van der Waals surface area contributed by atoms with Crippen molar-refractivity contribution in [1.29, 1.82) is 0 Å². The van der Waals surface area contributed by atoms with E-state index in [0.29, 0.717) is 0 Å². The Labute approximate surface area is 101 Å². The molecule has 0 radical (unpaired) electrons. The monoisotopic (exact) mass is 260 g/mol. The summed E-state index contributed by atoms with van der Waals surface area (Å²) in [5.41, 5.74) is 4.76. The molecule has 0 unspecified atom stereocenters. The lowest BCUT2D eigenvalue weighted by Gasteiger charge is -2.10. The molecule has 0 aliphatic rings. The Morgan fingerprint density at radius 2 is 2.06 bits per heavy atom. The third-order valence-electron chi connectivity index (χ3n) is 1.81. The van der Waals surface area contributed by atoms with Gasteiger partial charge >= 0.3 is 6.03 Å². The van der Waals surface area contributed by atoms with Gasteiger partial charge in [0.15, 0.2) is 0 Å². The lowest BCUT2D eigenvalue weighted by Crippen LogP contribution is -2.39. The zero-order valence-electron chi connectivity index (χ0n) is 8.87. The normalized spacial score (nSPS) is 11.9. The molecule has 4 nitrogen and oxygen atoms in total. The molecule has 1 aromatic carbocycles. The lowest BCUT2D eigenvalue weighted by atomic mass is 10.3. The summed E-state index contributed by atoms with van der Waals surface area (Å²) < 4.78 is 26.1. The Hall–Kier alpha value is -1.63. The molecule has 1 atom stereocenters. The van der Waals surface area contributed by atoms with E-state index in [4.69, 9.17) is 5.73 Å². The molecule has 3 N–H and O–H groups in total. The Morgan fingerprint density at radius 3 is 2.65 bits per heavy atom. The van der Waals surface area contributed by atoms with E-state index in [1.807, 2.05) is 5.32 Å². The first kappa shape index (κ1) is 13.4. The highest BCUT2D eigenvalue weighted by Gasteiger charge is 2.17. The van der Waals surface area contributed by atoms with Gasteiger partial charge < -0.3 is 5.73 Å². The number of hydrogen-bond acceptors (Lipinski definition) is 3. The molecule has 7 heteroatoms. The fraction of sp³-hybridized carbons (Fsp3) is 0.200. The van der Waals surface area contributed by atoms with Gasteiger partial charge in [0.05, 0.1) is 5.25 Å². The van der Waals surface area contributed by atoms with E-state index < -0.39 is 28.8 Å². The second kappa shape index (κ2) is 5.62. The molecular formula is C10H10F2N2O2S.